The van der Waals surface area contributed by atoms with E-state index in [0.717, 1.165) is 5.56 Å². The molecule has 0 radical (unpaired) electrons. The lowest BCUT2D eigenvalue weighted by Gasteiger charge is -2.46. The Labute approximate surface area is 150 Å². The molecule has 0 bridgehead atoms. The average molecular weight is 359 g/mol. The predicted octanol–water partition coefficient (Wildman–Crippen LogP) is 1.21. The van der Waals surface area contributed by atoms with Crippen molar-refractivity contribution in [1.82, 2.24) is 0 Å². The topological polar surface area (TPSA) is 103 Å². The predicted molar refractivity (Wildman–Crippen MR) is 92.2 cm³/mol. The molecule has 0 saturated carbocycles. The molecule has 4 N–H and O–H groups in total. The fourth-order valence-corrected chi connectivity index (χ4v) is 3.13. The number of nitrogens with two attached hydrogens (primary N) is 1. The molecule has 2 fully saturated rings. The Balaban J connectivity index is 1.45. The van der Waals surface area contributed by atoms with Gasteiger partial charge in [-0.05, 0) is 24.3 Å². The summed E-state index contributed by atoms with van der Waals surface area (Å²) < 4.78 is 23.0. The molecule has 0 aromatic heterocycles. The lowest BCUT2D eigenvalue weighted by molar-refractivity contribution is -0.350. The zero-order valence-electron chi connectivity index (χ0n) is 14.0. The molecule has 26 heavy (non-hydrogen) atoms. The Morgan fingerprint density at radius 2 is 1.65 bits per heavy atom. The maximum absolute atomic E-state index is 10.5. The Morgan fingerprint density at radius 3 is 2.38 bits per heavy atom. The van der Waals surface area contributed by atoms with E-state index in [4.69, 9.17) is 24.7 Å². The molecule has 2 aliphatic rings. The number of anilines is 1. The summed E-state index contributed by atoms with van der Waals surface area (Å²) >= 11 is 0. The van der Waals surface area contributed by atoms with Gasteiger partial charge in [0.2, 0.25) is 6.29 Å². The van der Waals surface area contributed by atoms with Crippen molar-refractivity contribution in [2.75, 3.05) is 12.3 Å². The van der Waals surface area contributed by atoms with Gasteiger partial charge in [0.15, 0.2) is 6.29 Å². The van der Waals surface area contributed by atoms with Crippen molar-refractivity contribution in [3.05, 3.63) is 60.2 Å². The van der Waals surface area contributed by atoms with Crippen LogP contribution in [-0.2, 0) is 14.2 Å². The highest BCUT2D eigenvalue weighted by Crippen LogP contribution is 2.34. The van der Waals surface area contributed by atoms with Crippen LogP contribution in [0.2, 0.25) is 0 Å². The van der Waals surface area contributed by atoms with Crippen LogP contribution in [0, 0.1) is 0 Å². The molecule has 7 heteroatoms. The van der Waals surface area contributed by atoms with Crippen LogP contribution in [0.4, 0.5) is 5.69 Å². The molecule has 2 saturated heterocycles. The van der Waals surface area contributed by atoms with Crippen LogP contribution in [0.3, 0.4) is 0 Å². The number of hydrogen-bond acceptors (Lipinski definition) is 7. The first-order valence-corrected chi connectivity index (χ1v) is 8.47. The molecule has 7 nitrogen and oxygen atoms in total. The second kappa shape index (κ2) is 7.22. The SMILES string of the molecule is Nc1ccc(O[C@@H]2O[C@@H]3COC(c4ccccc4)O[C@H]3[C@H](O)[C@H]2O)cc1. The quantitative estimate of drug-likeness (QED) is 0.708. The Hall–Kier alpha value is -2.16. The van der Waals surface area contributed by atoms with E-state index in [1.807, 2.05) is 30.3 Å². The standard InChI is InChI=1S/C19H21NO6/c20-12-6-8-13(9-7-12)24-19-16(22)15(21)17-14(25-19)10-23-18(26-17)11-4-2-1-3-5-11/h1-9,14-19,21-22H,10,20H2/t14-,15-,16-,17-,18?,19-/m1/s1. The van der Waals surface area contributed by atoms with Crippen LogP contribution in [0.1, 0.15) is 11.9 Å². The van der Waals surface area contributed by atoms with Crippen LogP contribution in [0.15, 0.2) is 54.6 Å². The Kier molecular flexibility index (Phi) is 4.80. The summed E-state index contributed by atoms with van der Waals surface area (Å²) in [6.07, 6.45) is -5.33. The molecule has 2 aromatic rings. The normalized spacial score (nSPS) is 34.1. The van der Waals surface area contributed by atoms with E-state index in [1.165, 1.54) is 0 Å². The highest BCUT2D eigenvalue weighted by atomic mass is 16.8. The second-order valence-corrected chi connectivity index (χ2v) is 6.39. The summed E-state index contributed by atoms with van der Waals surface area (Å²) in [6.45, 7) is 0.218. The van der Waals surface area contributed by atoms with Gasteiger partial charge in [-0.15, -0.1) is 0 Å². The number of rotatable bonds is 3. The fourth-order valence-electron chi connectivity index (χ4n) is 3.13. The first-order chi connectivity index (χ1) is 12.6. The minimum absolute atomic E-state index is 0.218. The van der Waals surface area contributed by atoms with Gasteiger partial charge in [-0.1, -0.05) is 30.3 Å². The van der Waals surface area contributed by atoms with Crippen LogP contribution in [-0.4, -0.2) is 47.5 Å². The van der Waals surface area contributed by atoms with Gasteiger partial charge >= 0.3 is 0 Å². The number of hydrogen-bond donors (Lipinski definition) is 3. The van der Waals surface area contributed by atoms with Gasteiger partial charge in [0.1, 0.15) is 30.2 Å². The number of fused-ring (bicyclic) bond motifs is 1. The summed E-state index contributed by atoms with van der Waals surface area (Å²) in [5.41, 5.74) is 7.09. The number of nitrogen functional groups attached to an aromatic ring is 1. The zero-order chi connectivity index (χ0) is 18.1. The van der Waals surface area contributed by atoms with Gasteiger partial charge in [-0.2, -0.15) is 0 Å². The van der Waals surface area contributed by atoms with Gasteiger partial charge in [0.25, 0.3) is 0 Å². The Bertz CT molecular complexity index is 723. The maximum atomic E-state index is 10.5. The monoisotopic (exact) mass is 359 g/mol. The van der Waals surface area contributed by atoms with Crippen molar-refractivity contribution in [3.63, 3.8) is 0 Å². The van der Waals surface area contributed by atoms with E-state index in [-0.39, 0.29) is 6.61 Å². The van der Waals surface area contributed by atoms with Crippen molar-refractivity contribution >= 4 is 5.69 Å². The van der Waals surface area contributed by atoms with Gasteiger partial charge in [-0.3, -0.25) is 0 Å². The summed E-state index contributed by atoms with van der Waals surface area (Å²) in [5, 5.41) is 20.9. The Morgan fingerprint density at radius 1 is 0.923 bits per heavy atom. The third kappa shape index (κ3) is 3.40. The zero-order valence-corrected chi connectivity index (χ0v) is 14.0. The van der Waals surface area contributed by atoms with Crippen LogP contribution >= 0.6 is 0 Å². The molecule has 0 spiro atoms. The fraction of sp³-hybridized carbons (Fsp3) is 0.368. The largest absolute Gasteiger partial charge is 0.462 e. The molecule has 2 heterocycles. The number of benzene rings is 2. The number of aliphatic hydroxyl groups excluding tert-OH is 2. The van der Waals surface area contributed by atoms with E-state index in [1.54, 1.807) is 24.3 Å². The number of aliphatic hydroxyl groups is 2. The van der Waals surface area contributed by atoms with Crippen LogP contribution in [0.5, 0.6) is 5.75 Å². The highest BCUT2D eigenvalue weighted by molar-refractivity contribution is 5.41. The maximum Gasteiger partial charge on any atom is 0.229 e. The van der Waals surface area contributed by atoms with E-state index >= 15 is 0 Å². The summed E-state index contributed by atoms with van der Waals surface area (Å²) in [6, 6.07) is 16.1. The third-order valence-corrected chi connectivity index (χ3v) is 4.54. The first-order valence-electron chi connectivity index (χ1n) is 8.47. The second-order valence-electron chi connectivity index (χ2n) is 6.39. The lowest BCUT2D eigenvalue weighted by Crippen LogP contribution is -2.62. The first kappa shape index (κ1) is 17.3. The van der Waals surface area contributed by atoms with Crippen molar-refractivity contribution < 1.29 is 29.2 Å². The molecule has 0 aliphatic carbocycles. The summed E-state index contributed by atoms with van der Waals surface area (Å²) in [4.78, 5) is 0. The third-order valence-electron chi connectivity index (χ3n) is 4.54. The van der Waals surface area contributed by atoms with Crippen molar-refractivity contribution in [3.8, 4) is 5.75 Å². The van der Waals surface area contributed by atoms with Gasteiger partial charge in [0, 0.05) is 11.3 Å². The molecule has 1 unspecified atom stereocenters. The summed E-state index contributed by atoms with van der Waals surface area (Å²) in [7, 11) is 0. The number of ether oxygens (including phenoxy) is 4. The smallest absolute Gasteiger partial charge is 0.229 e. The van der Waals surface area contributed by atoms with E-state index < -0.39 is 37.0 Å². The molecule has 2 aliphatic heterocycles. The van der Waals surface area contributed by atoms with Gasteiger partial charge < -0.3 is 34.9 Å². The highest BCUT2D eigenvalue weighted by Gasteiger charge is 2.49. The molecule has 0 amide bonds. The molecule has 138 valence electrons. The van der Waals surface area contributed by atoms with Crippen molar-refractivity contribution in [2.24, 2.45) is 0 Å². The van der Waals surface area contributed by atoms with Gasteiger partial charge in [0.05, 0.1) is 6.61 Å². The minimum atomic E-state index is -1.26. The average Bonchev–Trinajstić information content (AvgIpc) is 2.68. The molecular formula is C19H21NO6. The van der Waals surface area contributed by atoms with E-state index in [2.05, 4.69) is 0 Å². The molecule has 4 rings (SSSR count). The summed E-state index contributed by atoms with van der Waals surface area (Å²) in [5.74, 6) is 0.480. The van der Waals surface area contributed by atoms with Crippen molar-refractivity contribution in [2.45, 2.75) is 37.0 Å². The van der Waals surface area contributed by atoms with Gasteiger partial charge in [-0.25, -0.2) is 0 Å². The van der Waals surface area contributed by atoms with E-state index in [9.17, 15) is 10.2 Å². The molecule has 6 atom stereocenters. The van der Waals surface area contributed by atoms with E-state index in [0.29, 0.717) is 11.4 Å². The lowest BCUT2D eigenvalue weighted by atomic mass is 9.98. The van der Waals surface area contributed by atoms with Crippen LogP contribution < -0.4 is 10.5 Å². The molecular weight excluding hydrogens is 338 g/mol. The van der Waals surface area contributed by atoms with Crippen LogP contribution in [0.25, 0.3) is 0 Å². The minimum Gasteiger partial charge on any atom is -0.462 e. The van der Waals surface area contributed by atoms with Crippen molar-refractivity contribution in [1.29, 1.82) is 0 Å². The molecule has 2 aromatic carbocycles.